The van der Waals surface area contributed by atoms with Crippen molar-refractivity contribution in [3.63, 3.8) is 0 Å². The summed E-state index contributed by atoms with van der Waals surface area (Å²) < 4.78 is 1.18. The number of nitro groups is 1. The molecular formula is C12H11N7O3. The Bertz CT molecular complexity index is 944. The van der Waals surface area contributed by atoms with Crippen molar-refractivity contribution >= 4 is 17.4 Å². The average molecular weight is 301 g/mol. The topological polar surface area (TPSA) is 145 Å². The number of fused-ring (bicyclic) bond motifs is 1. The van der Waals surface area contributed by atoms with Crippen LogP contribution < -0.4 is 11.3 Å². The number of aromatic nitrogens is 5. The van der Waals surface area contributed by atoms with Crippen molar-refractivity contribution in [1.82, 2.24) is 24.8 Å². The molecule has 0 unspecified atom stereocenters. The van der Waals surface area contributed by atoms with E-state index in [0.717, 1.165) is 5.56 Å². The maximum Gasteiger partial charge on any atom is 0.274 e. The van der Waals surface area contributed by atoms with Gasteiger partial charge in [0.25, 0.3) is 17.0 Å². The standard InChI is InChI=1S/C12H11N7O3/c1-6-2-3-7(9(4-6)19(21)22)5-8-10(20)14-12-16-15-11(13)18(12)17-8/h2-4H,5H2,1H3,(H2,13,15)(H,14,16,20). The highest BCUT2D eigenvalue weighted by molar-refractivity contribution is 5.45. The van der Waals surface area contributed by atoms with Crippen molar-refractivity contribution in [3.05, 3.63) is 55.5 Å². The minimum absolute atomic E-state index is 0.000509. The summed E-state index contributed by atoms with van der Waals surface area (Å²) >= 11 is 0. The molecule has 3 rings (SSSR count). The molecule has 22 heavy (non-hydrogen) atoms. The van der Waals surface area contributed by atoms with Crippen LogP contribution in [0, 0.1) is 17.0 Å². The van der Waals surface area contributed by atoms with E-state index < -0.39 is 10.5 Å². The Morgan fingerprint density at radius 3 is 2.91 bits per heavy atom. The summed E-state index contributed by atoms with van der Waals surface area (Å²) in [5, 5.41) is 22.4. The van der Waals surface area contributed by atoms with Crippen LogP contribution in [-0.2, 0) is 6.42 Å². The molecule has 0 aliphatic rings. The van der Waals surface area contributed by atoms with Crippen LogP contribution in [0.2, 0.25) is 0 Å². The molecule has 112 valence electrons. The molecule has 0 spiro atoms. The third-order valence-electron chi connectivity index (χ3n) is 3.17. The molecule has 2 heterocycles. The second-order valence-electron chi connectivity index (χ2n) is 4.76. The van der Waals surface area contributed by atoms with Crippen LogP contribution >= 0.6 is 0 Å². The number of aromatic amines is 1. The highest BCUT2D eigenvalue weighted by atomic mass is 16.6. The average Bonchev–Trinajstić information content (AvgIpc) is 2.82. The maximum absolute atomic E-state index is 12.0. The number of hydrogen-bond acceptors (Lipinski definition) is 7. The number of benzene rings is 1. The number of nitro benzene ring substituents is 1. The Balaban J connectivity index is 2.10. The van der Waals surface area contributed by atoms with Crippen molar-refractivity contribution in [2.24, 2.45) is 0 Å². The lowest BCUT2D eigenvalue weighted by molar-refractivity contribution is -0.385. The Labute approximate surface area is 122 Å². The summed E-state index contributed by atoms with van der Waals surface area (Å²) in [6.07, 6.45) is -0.000509. The van der Waals surface area contributed by atoms with Crippen molar-refractivity contribution in [3.8, 4) is 0 Å². The highest BCUT2D eigenvalue weighted by Gasteiger charge is 2.17. The number of rotatable bonds is 3. The molecule has 3 aromatic rings. The highest BCUT2D eigenvalue weighted by Crippen LogP contribution is 2.21. The summed E-state index contributed by atoms with van der Waals surface area (Å²) in [6.45, 7) is 1.76. The van der Waals surface area contributed by atoms with E-state index in [1.807, 2.05) is 0 Å². The number of aryl methyl sites for hydroxylation is 1. The number of H-pyrrole nitrogens is 1. The van der Waals surface area contributed by atoms with Crippen LogP contribution in [0.3, 0.4) is 0 Å². The summed E-state index contributed by atoms with van der Waals surface area (Å²) in [5.41, 5.74) is 6.27. The molecule has 0 saturated carbocycles. The van der Waals surface area contributed by atoms with Gasteiger partial charge in [0, 0.05) is 18.1 Å². The van der Waals surface area contributed by atoms with Gasteiger partial charge in [0.1, 0.15) is 5.69 Å². The van der Waals surface area contributed by atoms with Gasteiger partial charge in [-0.05, 0) is 12.5 Å². The van der Waals surface area contributed by atoms with Gasteiger partial charge in [0.2, 0.25) is 5.95 Å². The number of nitrogens with zero attached hydrogens (tertiary/aromatic N) is 5. The van der Waals surface area contributed by atoms with Crippen molar-refractivity contribution < 1.29 is 4.92 Å². The smallest absolute Gasteiger partial charge is 0.274 e. The number of nitrogen functional groups attached to an aromatic ring is 1. The molecule has 0 radical (unpaired) electrons. The van der Waals surface area contributed by atoms with Gasteiger partial charge in [-0.2, -0.15) is 9.61 Å². The molecule has 0 saturated heterocycles. The van der Waals surface area contributed by atoms with Gasteiger partial charge in [-0.15, -0.1) is 10.2 Å². The normalized spacial score (nSPS) is 11.0. The maximum atomic E-state index is 12.0. The zero-order valence-corrected chi connectivity index (χ0v) is 11.5. The number of anilines is 1. The fourth-order valence-corrected chi connectivity index (χ4v) is 2.10. The van der Waals surface area contributed by atoms with Gasteiger partial charge < -0.3 is 5.73 Å². The van der Waals surface area contributed by atoms with E-state index in [1.165, 1.54) is 10.6 Å². The van der Waals surface area contributed by atoms with Crippen LogP contribution in [0.25, 0.3) is 5.78 Å². The molecule has 10 heteroatoms. The molecule has 0 fully saturated rings. The minimum atomic E-state index is -0.491. The van der Waals surface area contributed by atoms with Gasteiger partial charge in [0.05, 0.1) is 4.92 Å². The lowest BCUT2D eigenvalue weighted by Gasteiger charge is -2.04. The predicted octanol–water partition coefficient (Wildman–Crippen LogP) is 0.202. The van der Waals surface area contributed by atoms with E-state index >= 15 is 0 Å². The van der Waals surface area contributed by atoms with Gasteiger partial charge in [0.15, 0.2) is 0 Å². The van der Waals surface area contributed by atoms with E-state index in [2.05, 4.69) is 20.3 Å². The molecule has 10 nitrogen and oxygen atoms in total. The Hall–Kier alpha value is -3.30. The van der Waals surface area contributed by atoms with Crippen LogP contribution in [0.5, 0.6) is 0 Å². The third kappa shape index (κ3) is 2.26. The number of nitrogens with one attached hydrogen (secondary N) is 1. The van der Waals surface area contributed by atoms with Gasteiger partial charge in [-0.1, -0.05) is 12.1 Å². The third-order valence-corrected chi connectivity index (χ3v) is 3.17. The summed E-state index contributed by atoms with van der Waals surface area (Å²) in [7, 11) is 0. The molecule has 0 amide bonds. The van der Waals surface area contributed by atoms with Crippen LogP contribution in [0.4, 0.5) is 11.6 Å². The fourth-order valence-electron chi connectivity index (χ4n) is 2.10. The fraction of sp³-hybridized carbons (Fsp3) is 0.167. The number of nitrogens with two attached hydrogens (primary N) is 1. The molecule has 0 aliphatic carbocycles. The first-order valence-electron chi connectivity index (χ1n) is 6.29. The monoisotopic (exact) mass is 301 g/mol. The number of hydrogen-bond donors (Lipinski definition) is 2. The van der Waals surface area contributed by atoms with Crippen LogP contribution in [0.1, 0.15) is 16.8 Å². The Morgan fingerprint density at radius 1 is 1.41 bits per heavy atom. The van der Waals surface area contributed by atoms with E-state index in [9.17, 15) is 14.9 Å². The van der Waals surface area contributed by atoms with Gasteiger partial charge in [-0.25, -0.2) is 0 Å². The first-order valence-corrected chi connectivity index (χ1v) is 6.29. The second-order valence-corrected chi connectivity index (χ2v) is 4.76. The largest absolute Gasteiger partial charge is 0.366 e. The molecule has 0 bridgehead atoms. The van der Waals surface area contributed by atoms with Gasteiger partial charge >= 0.3 is 0 Å². The quantitative estimate of drug-likeness (QED) is 0.519. The Morgan fingerprint density at radius 2 is 2.18 bits per heavy atom. The lowest BCUT2D eigenvalue weighted by atomic mass is 10.1. The van der Waals surface area contributed by atoms with E-state index in [4.69, 9.17) is 5.73 Å². The summed E-state index contributed by atoms with van der Waals surface area (Å²) in [4.78, 5) is 25.1. The van der Waals surface area contributed by atoms with E-state index in [0.29, 0.717) is 5.56 Å². The van der Waals surface area contributed by atoms with Crippen molar-refractivity contribution in [2.45, 2.75) is 13.3 Å². The minimum Gasteiger partial charge on any atom is -0.366 e. The first kappa shape index (κ1) is 13.7. The van der Waals surface area contributed by atoms with Crippen molar-refractivity contribution in [1.29, 1.82) is 0 Å². The van der Waals surface area contributed by atoms with Gasteiger partial charge in [-0.3, -0.25) is 19.9 Å². The molecule has 1 aromatic carbocycles. The SMILES string of the molecule is Cc1ccc(Cc2nn3c(N)nnc3[nH]c2=O)c([N+](=O)[O-])c1. The van der Waals surface area contributed by atoms with E-state index in [1.54, 1.807) is 19.1 Å². The molecule has 0 aliphatic heterocycles. The molecule has 2 aromatic heterocycles. The van der Waals surface area contributed by atoms with Crippen molar-refractivity contribution in [2.75, 3.05) is 5.73 Å². The molecule has 3 N–H and O–H groups in total. The van der Waals surface area contributed by atoms with Crippen LogP contribution in [0.15, 0.2) is 23.0 Å². The summed E-state index contributed by atoms with van der Waals surface area (Å²) in [6, 6.07) is 4.80. The zero-order valence-electron chi connectivity index (χ0n) is 11.5. The van der Waals surface area contributed by atoms with E-state index in [-0.39, 0.29) is 29.5 Å². The Kier molecular flexibility index (Phi) is 3.05. The zero-order chi connectivity index (χ0) is 15.9. The molecular weight excluding hydrogens is 290 g/mol. The second kappa shape index (κ2) is 4.91. The predicted molar refractivity (Wildman–Crippen MR) is 76.5 cm³/mol. The summed E-state index contributed by atoms with van der Waals surface area (Å²) in [5.74, 6) is 0.135. The first-order chi connectivity index (χ1) is 10.5. The molecule has 0 atom stereocenters. The van der Waals surface area contributed by atoms with Crippen LogP contribution in [-0.4, -0.2) is 29.7 Å². The lowest BCUT2D eigenvalue weighted by Crippen LogP contribution is -2.19.